The maximum atomic E-state index is 12.7. The zero-order valence-electron chi connectivity index (χ0n) is 13.0. The third kappa shape index (κ3) is 3.85. The fraction of sp³-hybridized carbons (Fsp3) is 0.471. The maximum Gasteiger partial charge on any atom is 0.273 e. The molecule has 0 aromatic carbocycles. The number of carbonyl (C=O) groups excluding carboxylic acids is 1. The van der Waals surface area contributed by atoms with Crippen molar-refractivity contribution in [1.29, 1.82) is 0 Å². The lowest BCUT2D eigenvalue weighted by atomic mass is 10.1. The number of rotatable bonds is 4. The lowest BCUT2D eigenvalue weighted by Gasteiger charge is -2.35. The molecule has 1 amide bonds. The summed E-state index contributed by atoms with van der Waals surface area (Å²) in [5.41, 5.74) is 2.88. The first-order chi connectivity index (χ1) is 10.1. The first-order valence-corrected chi connectivity index (χ1v) is 7.46. The summed E-state index contributed by atoms with van der Waals surface area (Å²) in [5.74, 6) is 0.0987. The first-order valence-electron chi connectivity index (χ1n) is 7.46. The van der Waals surface area contributed by atoms with Gasteiger partial charge in [0.1, 0.15) is 0 Å². The van der Waals surface area contributed by atoms with Crippen LogP contribution >= 0.6 is 0 Å². The van der Waals surface area contributed by atoms with Crippen LogP contribution in [0.15, 0.2) is 47.9 Å². The number of amides is 1. The molecule has 0 saturated carbocycles. The molecular formula is C17H24N2O2. The Morgan fingerprint density at radius 3 is 2.62 bits per heavy atom. The minimum atomic E-state index is 0.0987. The van der Waals surface area contributed by atoms with E-state index in [1.54, 1.807) is 6.08 Å². The van der Waals surface area contributed by atoms with E-state index in [1.807, 2.05) is 30.9 Å². The molecule has 0 aromatic rings. The van der Waals surface area contributed by atoms with Gasteiger partial charge in [-0.1, -0.05) is 30.4 Å². The van der Waals surface area contributed by atoms with E-state index in [9.17, 15) is 4.79 Å². The van der Waals surface area contributed by atoms with Gasteiger partial charge in [-0.2, -0.15) is 0 Å². The predicted octanol–water partition coefficient (Wildman–Crippen LogP) is 2.47. The summed E-state index contributed by atoms with van der Waals surface area (Å²) in [6.45, 7) is 11.4. The van der Waals surface area contributed by atoms with E-state index < -0.39 is 0 Å². The molecule has 0 spiro atoms. The second kappa shape index (κ2) is 7.27. The molecule has 2 aliphatic rings. The third-order valence-electron chi connectivity index (χ3n) is 3.84. The molecular weight excluding hydrogens is 264 g/mol. The van der Waals surface area contributed by atoms with Gasteiger partial charge in [-0.25, -0.2) is 0 Å². The highest BCUT2D eigenvalue weighted by molar-refractivity contribution is 5.94. The number of nitrogens with zero attached hydrogens (tertiary/aromatic N) is 2. The van der Waals surface area contributed by atoms with Crippen LogP contribution in [0.1, 0.15) is 20.3 Å². The van der Waals surface area contributed by atoms with E-state index in [2.05, 4.69) is 17.6 Å². The summed E-state index contributed by atoms with van der Waals surface area (Å²) in [6, 6.07) is 0. The molecule has 0 unspecified atom stereocenters. The van der Waals surface area contributed by atoms with Gasteiger partial charge >= 0.3 is 0 Å². The Morgan fingerprint density at radius 1 is 1.24 bits per heavy atom. The quantitative estimate of drug-likeness (QED) is 0.745. The molecule has 0 atom stereocenters. The predicted molar refractivity (Wildman–Crippen MR) is 84.5 cm³/mol. The van der Waals surface area contributed by atoms with E-state index in [4.69, 9.17) is 4.74 Å². The summed E-state index contributed by atoms with van der Waals surface area (Å²) in [5, 5.41) is 0. The van der Waals surface area contributed by atoms with Crippen molar-refractivity contribution < 1.29 is 9.53 Å². The van der Waals surface area contributed by atoms with Crippen molar-refractivity contribution in [2.45, 2.75) is 20.3 Å². The van der Waals surface area contributed by atoms with E-state index in [1.165, 1.54) is 0 Å². The van der Waals surface area contributed by atoms with E-state index in [-0.39, 0.29) is 5.91 Å². The number of ether oxygens (including phenoxy) is 1. The van der Waals surface area contributed by atoms with E-state index in [0.29, 0.717) is 13.2 Å². The van der Waals surface area contributed by atoms with Crippen LogP contribution in [0, 0.1) is 0 Å². The fourth-order valence-corrected chi connectivity index (χ4v) is 2.47. The number of morpholine rings is 1. The SMILES string of the molecule is C=CC(C)=CC=C(C)N1CCC=C(N2CCOCC2)C1=O. The van der Waals surface area contributed by atoms with Crippen molar-refractivity contribution in [1.82, 2.24) is 9.80 Å². The molecule has 0 aliphatic carbocycles. The normalized spacial score (nSPS) is 21.4. The molecule has 2 aliphatic heterocycles. The van der Waals surface area contributed by atoms with Crippen molar-refractivity contribution in [3.05, 3.63) is 47.9 Å². The molecule has 2 rings (SSSR count). The molecule has 4 heteroatoms. The van der Waals surface area contributed by atoms with Crippen molar-refractivity contribution in [2.75, 3.05) is 32.8 Å². The Morgan fingerprint density at radius 2 is 1.95 bits per heavy atom. The standard InChI is InChI=1S/C17H24N2O2/c1-4-14(2)7-8-15(3)19-9-5-6-16(17(19)20)18-10-12-21-13-11-18/h4,6-8H,1,5,9-13H2,2-3H3. The average molecular weight is 288 g/mol. The van der Waals surface area contributed by atoms with Crippen LogP contribution in [0.3, 0.4) is 0 Å². The highest BCUT2D eigenvalue weighted by Crippen LogP contribution is 2.20. The topological polar surface area (TPSA) is 32.8 Å². The highest BCUT2D eigenvalue weighted by Gasteiger charge is 2.27. The van der Waals surface area contributed by atoms with Crippen molar-refractivity contribution in [2.24, 2.45) is 0 Å². The minimum absolute atomic E-state index is 0.0987. The molecule has 0 aromatic heterocycles. The van der Waals surface area contributed by atoms with Gasteiger partial charge in [-0.05, 0) is 26.3 Å². The van der Waals surface area contributed by atoms with Crippen LogP contribution in [-0.4, -0.2) is 48.6 Å². The number of carbonyl (C=O) groups is 1. The molecule has 4 nitrogen and oxygen atoms in total. The fourth-order valence-electron chi connectivity index (χ4n) is 2.47. The van der Waals surface area contributed by atoms with Crippen LogP contribution in [0.5, 0.6) is 0 Å². The minimum Gasteiger partial charge on any atom is -0.378 e. The molecule has 1 fully saturated rings. The summed E-state index contributed by atoms with van der Waals surface area (Å²) >= 11 is 0. The molecule has 2 heterocycles. The van der Waals surface area contributed by atoms with E-state index in [0.717, 1.165) is 43.0 Å². The van der Waals surface area contributed by atoms with Crippen LogP contribution in [-0.2, 0) is 9.53 Å². The van der Waals surface area contributed by atoms with Crippen LogP contribution in [0.4, 0.5) is 0 Å². The molecule has 0 bridgehead atoms. The Bertz CT molecular complexity index is 497. The summed E-state index contributed by atoms with van der Waals surface area (Å²) < 4.78 is 5.35. The number of hydrogen-bond acceptors (Lipinski definition) is 3. The second-order valence-electron chi connectivity index (χ2n) is 5.36. The van der Waals surface area contributed by atoms with Gasteiger partial charge in [0.05, 0.1) is 18.9 Å². The lowest BCUT2D eigenvalue weighted by molar-refractivity contribution is -0.128. The van der Waals surface area contributed by atoms with Gasteiger partial charge in [0.25, 0.3) is 5.91 Å². The molecule has 21 heavy (non-hydrogen) atoms. The van der Waals surface area contributed by atoms with Gasteiger partial charge < -0.3 is 14.5 Å². The lowest BCUT2D eigenvalue weighted by Crippen LogP contribution is -2.44. The summed E-state index contributed by atoms with van der Waals surface area (Å²) in [4.78, 5) is 16.7. The monoisotopic (exact) mass is 288 g/mol. The van der Waals surface area contributed by atoms with Gasteiger partial charge in [-0.15, -0.1) is 0 Å². The van der Waals surface area contributed by atoms with Crippen molar-refractivity contribution in [3.8, 4) is 0 Å². The van der Waals surface area contributed by atoms with Gasteiger partial charge in [0.15, 0.2) is 0 Å². The number of hydrogen-bond donors (Lipinski definition) is 0. The van der Waals surface area contributed by atoms with Gasteiger partial charge in [0, 0.05) is 25.3 Å². The smallest absolute Gasteiger partial charge is 0.273 e. The zero-order chi connectivity index (χ0) is 15.2. The Labute approximate surface area is 127 Å². The van der Waals surface area contributed by atoms with Crippen LogP contribution < -0.4 is 0 Å². The Kier molecular flexibility index (Phi) is 5.39. The second-order valence-corrected chi connectivity index (χ2v) is 5.36. The molecule has 1 saturated heterocycles. The largest absolute Gasteiger partial charge is 0.378 e. The number of allylic oxidation sites excluding steroid dienone is 5. The van der Waals surface area contributed by atoms with Crippen LogP contribution in [0.2, 0.25) is 0 Å². The van der Waals surface area contributed by atoms with Gasteiger partial charge in [0.2, 0.25) is 0 Å². The van der Waals surface area contributed by atoms with Crippen molar-refractivity contribution >= 4 is 5.91 Å². The maximum absolute atomic E-state index is 12.7. The van der Waals surface area contributed by atoms with Crippen LogP contribution in [0.25, 0.3) is 0 Å². The summed E-state index contributed by atoms with van der Waals surface area (Å²) in [6.07, 6.45) is 8.73. The summed E-state index contributed by atoms with van der Waals surface area (Å²) in [7, 11) is 0. The average Bonchev–Trinajstić information content (AvgIpc) is 2.53. The van der Waals surface area contributed by atoms with E-state index >= 15 is 0 Å². The van der Waals surface area contributed by atoms with Crippen molar-refractivity contribution in [3.63, 3.8) is 0 Å². The molecule has 114 valence electrons. The van der Waals surface area contributed by atoms with Gasteiger partial charge in [-0.3, -0.25) is 4.79 Å². The Hall–Kier alpha value is -1.81. The zero-order valence-corrected chi connectivity index (χ0v) is 13.0. The third-order valence-corrected chi connectivity index (χ3v) is 3.84. The Balaban J connectivity index is 2.11. The molecule has 0 radical (unpaired) electrons. The highest BCUT2D eigenvalue weighted by atomic mass is 16.5. The first kappa shape index (κ1) is 15.6. The molecule has 0 N–H and O–H groups in total.